The molecule has 2 aliphatic rings. The van der Waals surface area contributed by atoms with E-state index in [0.717, 1.165) is 61.1 Å². The first-order chi connectivity index (χ1) is 13.1. The number of hydrogen-bond donors (Lipinski definition) is 3. The molecule has 1 saturated heterocycles. The van der Waals surface area contributed by atoms with Crippen LogP contribution in [0.5, 0.6) is 0 Å². The summed E-state index contributed by atoms with van der Waals surface area (Å²) in [6.45, 7) is 6.63. The number of aliphatic imine (C=N–C) groups is 1. The fourth-order valence-electron chi connectivity index (χ4n) is 2.87. The summed E-state index contributed by atoms with van der Waals surface area (Å²) in [6.07, 6.45) is 3.61. The molecule has 3 rings (SSSR count). The third-order valence-corrected chi connectivity index (χ3v) is 6.07. The van der Waals surface area contributed by atoms with Crippen LogP contribution in [0.1, 0.15) is 38.7 Å². The van der Waals surface area contributed by atoms with E-state index in [0.29, 0.717) is 10.4 Å². The Morgan fingerprint density at radius 2 is 2.19 bits per heavy atom. The zero-order valence-electron chi connectivity index (χ0n) is 15.8. The minimum atomic E-state index is 0.255. The third kappa shape index (κ3) is 6.19. The van der Waals surface area contributed by atoms with E-state index in [4.69, 9.17) is 17.0 Å². The summed E-state index contributed by atoms with van der Waals surface area (Å²) >= 11 is 7.08. The maximum Gasteiger partial charge on any atom is 0.187 e. The average Bonchev–Trinajstić information content (AvgIpc) is 3.36. The Hall–Kier alpha value is -1.64. The number of hydrogen-bond acceptors (Lipinski definition) is 6. The van der Waals surface area contributed by atoms with Gasteiger partial charge in [-0.1, -0.05) is 30.8 Å². The molecule has 3 N–H and O–H groups in total. The lowest BCUT2D eigenvalue weighted by Crippen LogP contribution is -2.37. The number of nitrogens with zero attached hydrogens (tertiary/aromatic N) is 2. The van der Waals surface area contributed by atoms with E-state index in [-0.39, 0.29) is 6.10 Å². The Morgan fingerprint density at radius 3 is 2.85 bits per heavy atom. The summed E-state index contributed by atoms with van der Waals surface area (Å²) in [5.74, 6) is 0. The van der Waals surface area contributed by atoms with E-state index in [1.807, 2.05) is 43.0 Å². The molecular formula is C19H27N5OS2. The Bertz CT molecular complexity index is 699. The van der Waals surface area contributed by atoms with Crippen LogP contribution in [0, 0.1) is 0 Å². The molecule has 1 aromatic carbocycles. The summed E-state index contributed by atoms with van der Waals surface area (Å²) in [7, 11) is 0. The van der Waals surface area contributed by atoms with E-state index in [1.165, 1.54) is 0 Å². The summed E-state index contributed by atoms with van der Waals surface area (Å²) in [5.41, 5.74) is 5.86. The van der Waals surface area contributed by atoms with E-state index in [2.05, 4.69) is 33.1 Å². The first kappa shape index (κ1) is 20.1. The predicted molar refractivity (Wildman–Crippen MR) is 119 cm³/mol. The van der Waals surface area contributed by atoms with Crippen molar-refractivity contribution in [3.05, 3.63) is 29.8 Å². The molecular weight excluding hydrogens is 378 g/mol. The minimum absolute atomic E-state index is 0.255. The van der Waals surface area contributed by atoms with Gasteiger partial charge in [-0.15, -0.1) is 0 Å². The van der Waals surface area contributed by atoms with Gasteiger partial charge in [0.2, 0.25) is 0 Å². The molecule has 0 amide bonds. The normalized spacial score (nSPS) is 22.4. The molecule has 1 fully saturated rings. The van der Waals surface area contributed by atoms with Gasteiger partial charge in [-0.3, -0.25) is 10.4 Å². The molecule has 0 unspecified atom stereocenters. The lowest BCUT2D eigenvalue weighted by Gasteiger charge is -2.12. The molecule has 146 valence electrons. The van der Waals surface area contributed by atoms with Crippen molar-refractivity contribution in [2.24, 2.45) is 10.1 Å². The summed E-state index contributed by atoms with van der Waals surface area (Å²) in [6, 6.07) is 8.18. The Morgan fingerprint density at radius 1 is 1.37 bits per heavy atom. The predicted octanol–water partition coefficient (Wildman–Crippen LogP) is 3.35. The fraction of sp³-hybridized carbons (Fsp3) is 0.526. The Labute approximate surface area is 170 Å². The van der Waals surface area contributed by atoms with Crippen LogP contribution >= 0.6 is 24.0 Å². The maximum absolute atomic E-state index is 5.57. The molecule has 27 heavy (non-hydrogen) atoms. The van der Waals surface area contributed by atoms with Crippen molar-refractivity contribution >= 4 is 45.7 Å². The van der Waals surface area contributed by atoms with Crippen LogP contribution in [0.25, 0.3) is 0 Å². The lowest BCUT2D eigenvalue weighted by molar-refractivity contribution is 0.114. The molecule has 2 heterocycles. The van der Waals surface area contributed by atoms with Gasteiger partial charge in [0.15, 0.2) is 10.3 Å². The standard InChI is InChI=1S/C19H27N5OS2/c1-3-17-12-21-19(27-17)22-15-8-6-14(7-9-15)13(2)23-24-18(26)20-11-16-5-4-10-25-16/h6-9,16-17H,3-5,10-12H2,1-2H3,(H,21,22)(H2,20,24,26)/b23-13-/t16-,17-/m0/s1. The minimum Gasteiger partial charge on any atom is -0.376 e. The number of anilines is 1. The van der Waals surface area contributed by atoms with Crippen LogP contribution in [-0.4, -0.2) is 47.0 Å². The topological polar surface area (TPSA) is 70.0 Å². The molecule has 2 aliphatic heterocycles. The van der Waals surface area contributed by atoms with Crippen molar-refractivity contribution in [3.63, 3.8) is 0 Å². The third-order valence-electron chi connectivity index (χ3n) is 4.57. The summed E-state index contributed by atoms with van der Waals surface area (Å²) in [4.78, 5) is 4.54. The van der Waals surface area contributed by atoms with Gasteiger partial charge < -0.3 is 15.4 Å². The van der Waals surface area contributed by atoms with Gasteiger partial charge in [-0.25, -0.2) is 0 Å². The number of benzene rings is 1. The van der Waals surface area contributed by atoms with Gasteiger partial charge in [0.05, 0.1) is 18.4 Å². The van der Waals surface area contributed by atoms with Gasteiger partial charge in [0.25, 0.3) is 0 Å². The second kappa shape index (κ2) is 10.1. The van der Waals surface area contributed by atoms with Gasteiger partial charge >= 0.3 is 0 Å². The zero-order valence-corrected chi connectivity index (χ0v) is 17.5. The van der Waals surface area contributed by atoms with Crippen LogP contribution in [0.2, 0.25) is 0 Å². The highest BCUT2D eigenvalue weighted by atomic mass is 32.2. The molecule has 0 saturated carbocycles. The van der Waals surface area contributed by atoms with Crippen LogP contribution in [0.4, 0.5) is 5.69 Å². The van der Waals surface area contributed by atoms with Crippen molar-refractivity contribution in [2.75, 3.05) is 25.0 Å². The largest absolute Gasteiger partial charge is 0.376 e. The number of rotatable bonds is 6. The Balaban J connectivity index is 1.45. The van der Waals surface area contributed by atoms with Crippen LogP contribution in [-0.2, 0) is 4.74 Å². The highest BCUT2D eigenvalue weighted by Crippen LogP contribution is 2.24. The van der Waals surface area contributed by atoms with Crippen LogP contribution < -0.4 is 16.1 Å². The quantitative estimate of drug-likeness (QED) is 0.383. The molecule has 8 heteroatoms. The molecule has 0 bridgehead atoms. The van der Waals surface area contributed by atoms with Gasteiger partial charge in [-0.2, -0.15) is 5.10 Å². The highest BCUT2D eigenvalue weighted by Gasteiger charge is 2.17. The van der Waals surface area contributed by atoms with Gasteiger partial charge in [0.1, 0.15) is 0 Å². The van der Waals surface area contributed by atoms with E-state index < -0.39 is 0 Å². The van der Waals surface area contributed by atoms with Crippen molar-refractivity contribution in [2.45, 2.75) is 44.5 Å². The molecule has 2 atom stereocenters. The van der Waals surface area contributed by atoms with Gasteiger partial charge in [-0.05, 0) is 56.1 Å². The average molecular weight is 406 g/mol. The van der Waals surface area contributed by atoms with Crippen molar-refractivity contribution in [1.29, 1.82) is 0 Å². The number of ether oxygens (including phenoxy) is 1. The SMILES string of the molecule is CC[C@H]1CN=C(Nc2ccc(/C(C)=N\NC(=S)NC[C@@H]3CCCO3)cc2)S1. The van der Waals surface area contributed by atoms with Crippen LogP contribution in [0.3, 0.4) is 0 Å². The van der Waals surface area contributed by atoms with Gasteiger partial charge in [0, 0.05) is 24.1 Å². The van der Waals surface area contributed by atoms with E-state index >= 15 is 0 Å². The number of amidine groups is 1. The second-order valence-electron chi connectivity index (χ2n) is 6.65. The Kier molecular flexibility index (Phi) is 7.49. The van der Waals surface area contributed by atoms with E-state index in [9.17, 15) is 0 Å². The fourth-order valence-corrected chi connectivity index (χ4v) is 3.95. The molecule has 0 aliphatic carbocycles. The highest BCUT2D eigenvalue weighted by molar-refractivity contribution is 8.15. The smallest absolute Gasteiger partial charge is 0.187 e. The lowest BCUT2D eigenvalue weighted by atomic mass is 10.1. The number of thioether (sulfide) groups is 1. The summed E-state index contributed by atoms with van der Waals surface area (Å²) in [5, 5.41) is 13.0. The summed E-state index contributed by atoms with van der Waals surface area (Å²) < 4.78 is 5.57. The molecule has 0 spiro atoms. The number of hydrazone groups is 1. The van der Waals surface area contributed by atoms with Crippen molar-refractivity contribution in [3.8, 4) is 0 Å². The zero-order chi connectivity index (χ0) is 19.1. The number of thiocarbonyl (C=S) groups is 1. The van der Waals surface area contributed by atoms with E-state index in [1.54, 1.807) is 0 Å². The maximum atomic E-state index is 5.57. The molecule has 6 nitrogen and oxygen atoms in total. The van der Waals surface area contributed by atoms with Crippen LogP contribution in [0.15, 0.2) is 34.4 Å². The first-order valence-corrected chi connectivity index (χ1v) is 10.7. The number of nitrogens with one attached hydrogen (secondary N) is 3. The molecule has 1 aromatic rings. The first-order valence-electron chi connectivity index (χ1n) is 9.42. The monoisotopic (exact) mass is 405 g/mol. The molecule has 0 radical (unpaired) electrons. The second-order valence-corrected chi connectivity index (χ2v) is 8.35. The molecule has 0 aromatic heterocycles. The van der Waals surface area contributed by atoms with Crippen molar-refractivity contribution in [1.82, 2.24) is 10.7 Å². The van der Waals surface area contributed by atoms with Crippen molar-refractivity contribution < 1.29 is 4.74 Å².